The second-order valence-corrected chi connectivity index (χ2v) is 6.44. The van der Waals surface area contributed by atoms with Crippen molar-refractivity contribution in [3.05, 3.63) is 35.2 Å². The molecule has 4 heteroatoms. The van der Waals surface area contributed by atoms with Crippen LogP contribution in [0.3, 0.4) is 0 Å². The topological polar surface area (TPSA) is 20.3 Å². The molecule has 0 aliphatic carbocycles. The van der Waals surface area contributed by atoms with Gasteiger partial charge in [-0.15, -0.1) is 11.3 Å². The molecule has 0 spiro atoms. The van der Waals surface area contributed by atoms with E-state index in [1.807, 2.05) is 23.1 Å². The molecule has 2 aromatic rings. The van der Waals surface area contributed by atoms with Gasteiger partial charge in [-0.3, -0.25) is 4.79 Å². The molecular weight excluding hydrogens is 310 g/mol. The summed E-state index contributed by atoms with van der Waals surface area (Å²) in [6.45, 7) is 1.78. The first kappa shape index (κ1) is 12.2. The van der Waals surface area contributed by atoms with Gasteiger partial charge in [-0.1, -0.05) is 34.1 Å². The van der Waals surface area contributed by atoms with Crippen molar-refractivity contribution in [3.63, 3.8) is 0 Å². The Morgan fingerprint density at radius 3 is 3.00 bits per heavy atom. The maximum atomic E-state index is 12.4. The third-order valence-electron chi connectivity index (χ3n) is 3.43. The summed E-state index contributed by atoms with van der Waals surface area (Å²) in [5.41, 5.74) is 0. The number of hydrogen-bond donors (Lipinski definition) is 0. The lowest BCUT2D eigenvalue weighted by molar-refractivity contribution is 0.0793. The van der Waals surface area contributed by atoms with Crippen molar-refractivity contribution >= 4 is 43.3 Å². The highest BCUT2D eigenvalue weighted by Gasteiger charge is 2.27. The van der Waals surface area contributed by atoms with E-state index in [1.54, 1.807) is 11.3 Å². The fraction of sp³-hybridized carbons (Fsp3) is 0.357. The highest BCUT2D eigenvalue weighted by molar-refractivity contribution is 9.09. The van der Waals surface area contributed by atoms with Crippen LogP contribution in [-0.2, 0) is 0 Å². The highest BCUT2D eigenvalue weighted by atomic mass is 79.9. The van der Waals surface area contributed by atoms with Crippen molar-refractivity contribution in [3.8, 4) is 0 Å². The van der Waals surface area contributed by atoms with Gasteiger partial charge in [0.15, 0.2) is 0 Å². The number of likely N-dealkylation sites (tertiary alicyclic amines) is 1. The van der Waals surface area contributed by atoms with Crippen molar-refractivity contribution < 1.29 is 4.79 Å². The standard InChI is InChI=1S/C14H14BrNOS/c15-8-10-5-6-16(9-10)14(17)13-7-11-3-1-2-4-12(11)18-13/h1-4,7,10H,5-6,8-9H2. The summed E-state index contributed by atoms with van der Waals surface area (Å²) in [5.74, 6) is 0.808. The van der Waals surface area contributed by atoms with Crippen LogP contribution in [0.15, 0.2) is 30.3 Å². The molecule has 3 rings (SSSR count). The number of alkyl halides is 1. The molecular formula is C14H14BrNOS. The van der Waals surface area contributed by atoms with Gasteiger partial charge in [0.2, 0.25) is 0 Å². The minimum atomic E-state index is 0.194. The van der Waals surface area contributed by atoms with E-state index < -0.39 is 0 Å². The van der Waals surface area contributed by atoms with Crippen LogP contribution >= 0.6 is 27.3 Å². The summed E-state index contributed by atoms with van der Waals surface area (Å²) in [6, 6.07) is 10.2. The average Bonchev–Trinajstić information content (AvgIpc) is 3.04. The van der Waals surface area contributed by atoms with Crippen molar-refractivity contribution in [2.24, 2.45) is 5.92 Å². The molecule has 0 bridgehead atoms. The second kappa shape index (κ2) is 5.02. The summed E-state index contributed by atoms with van der Waals surface area (Å²) in [5, 5.41) is 2.16. The lowest BCUT2D eigenvalue weighted by Crippen LogP contribution is -2.28. The number of benzene rings is 1. The maximum absolute atomic E-state index is 12.4. The molecule has 1 fully saturated rings. The van der Waals surface area contributed by atoms with Crippen LogP contribution in [0, 0.1) is 5.92 Å². The molecule has 0 saturated carbocycles. The van der Waals surface area contributed by atoms with E-state index in [9.17, 15) is 4.79 Å². The predicted molar refractivity (Wildman–Crippen MR) is 79.6 cm³/mol. The van der Waals surface area contributed by atoms with Gasteiger partial charge < -0.3 is 4.90 Å². The van der Waals surface area contributed by atoms with E-state index in [0.29, 0.717) is 5.92 Å². The molecule has 0 radical (unpaired) electrons. The molecule has 1 aromatic carbocycles. The number of hydrogen-bond acceptors (Lipinski definition) is 2. The molecule has 1 amide bonds. The van der Waals surface area contributed by atoms with Crippen LogP contribution in [0.5, 0.6) is 0 Å². The summed E-state index contributed by atoms with van der Waals surface area (Å²) in [4.78, 5) is 15.2. The fourth-order valence-electron chi connectivity index (χ4n) is 2.39. The van der Waals surface area contributed by atoms with Crippen molar-refractivity contribution in [1.29, 1.82) is 0 Å². The van der Waals surface area contributed by atoms with Crippen LogP contribution in [0.2, 0.25) is 0 Å². The molecule has 1 atom stereocenters. The third-order valence-corrected chi connectivity index (χ3v) is 5.45. The number of thiophene rings is 1. The smallest absolute Gasteiger partial charge is 0.263 e. The number of amides is 1. The Morgan fingerprint density at radius 1 is 1.44 bits per heavy atom. The Hall–Kier alpha value is -0.870. The average molecular weight is 324 g/mol. The van der Waals surface area contributed by atoms with E-state index in [1.165, 1.54) is 10.1 Å². The van der Waals surface area contributed by atoms with E-state index in [2.05, 4.69) is 28.1 Å². The Morgan fingerprint density at radius 2 is 2.28 bits per heavy atom. The first-order chi connectivity index (χ1) is 8.78. The Balaban J connectivity index is 1.84. The molecule has 1 aliphatic rings. The van der Waals surface area contributed by atoms with Gasteiger partial charge in [0.25, 0.3) is 5.91 Å². The van der Waals surface area contributed by atoms with E-state index in [0.717, 1.165) is 29.7 Å². The monoisotopic (exact) mass is 323 g/mol. The highest BCUT2D eigenvalue weighted by Crippen LogP contribution is 2.28. The van der Waals surface area contributed by atoms with Gasteiger partial charge in [0, 0.05) is 23.1 Å². The molecule has 1 unspecified atom stereocenters. The summed E-state index contributed by atoms with van der Waals surface area (Å²) in [7, 11) is 0. The number of nitrogens with zero attached hydrogens (tertiary/aromatic N) is 1. The van der Waals surface area contributed by atoms with Crippen LogP contribution in [0.25, 0.3) is 10.1 Å². The van der Waals surface area contributed by atoms with Crippen molar-refractivity contribution in [2.45, 2.75) is 6.42 Å². The normalized spacial score (nSPS) is 19.6. The zero-order chi connectivity index (χ0) is 12.5. The van der Waals surface area contributed by atoms with Gasteiger partial charge in [0.05, 0.1) is 4.88 Å². The van der Waals surface area contributed by atoms with Gasteiger partial charge in [0.1, 0.15) is 0 Å². The Labute approximate surface area is 119 Å². The number of carbonyl (C=O) groups is 1. The first-order valence-corrected chi connectivity index (χ1v) is 8.05. The molecule has 94 valence electrons. The van der Waals surface area contributed by atoms with E-state index in [4.69, 9.17) is 0 Å². The maximum Gasteiger partial charge on any atom is 0.263 e. The number of halogens is 1. The van der Waals surface area contributed by atoms with Gasteiger partial charge >= 0.3 is 0 Å². The molecule has 1 aromatic heterocycles. The SMILES string of the molecule is O=C(c1cc2ccccc2s1)N1CCC(CBr)C1. The quantitative estimate of drug-likeness (QED) is 0.770. The summed E-state index contributed by atoms with van der Waals surface area (Å²) in [6.07, 6.45) is 1.11. The fourth-order valence-corrected chi connectivity index (χ4v) is 3.95. The Bertz CT molecular complexity index is 547. The molecule has 2 heterocycles. The second-order valence-electron chi connectivity index (χ2n) is 4.71. The zero-order valence-corrected chi connectivity index (χ0v) is 12.3. The molecule has 1 aliphatic heterocycles. The molecule has 1 saturated heterocycles. The number of rotatable bonds is 2. The largest absolute Gasteiger partial charge is 0.338 e. The van der Waals surface area contributed by atoms with Crippen LogP contribution in [0.4, 0.5) is 0 Å². The minimum Gasteiger partial charge on any atom is -0.338 e. The first-order valence-electron chi connectivity index (χ1n) is 6.12. The third kappa shape index (κ3) is 2.19. The molecule has 0 N–H and O–H groups in total. The van der Waals surface area contributed by atoms with Crippen LogP contribution in [0.1, 0.15) is 16.1 Å². The van der Waals surface area contributed by atoms with E-state index >= 15 is 0 Å². The molecule has 2 nitrogen and oxygen atoms in total. The van der Waals surface area contributed by atoms with Gasteiger partial charge in [-0.2, -0.15) is 0 Å². The molecule has 18 heavy (non-hydrogen) atoms. The summed E-state index contributed by atoms with van der Waals surface area (Å²) >= 11 is 5.10. The lowest BCUT2D eigenvalue weighted by atomic mass is 10.2. The van der Waals surface area contributed by atoms with Crippen molar-refractivity contribution in [2.75, 3.05) is 18.4 Å². The summed E-state index contributed by atoms with van der Waals surface area (Å²) < 4.78 is 1.19. The predicted octanol–water partition coefficient (Wildman–Crippen LogP) is 3.76. The Kier molecular flexibility index (Phi) is 3.39. The lowest BCUT2D eigenvalue weighted by Gasteiger charge is -2.14. The number of fused-ring (bicyclic) bond motifs is 1. The minimum absolute atomic E-state index is 0.194. The van der Waals surface area contributed by atoms with Crippen LogP contribution < -0.4 is 0 Å². The van der Waals surface area contributed by atoms with Crippen molar-refractivity contribution in [1.82, 2.24) is 4.90 Å². The van der Waals surface area contributed by atoms with E-state index in [-0.39, 0.29) is 5.91 Å². The van der Waals surface area contributed by atoms with Crippen LogP contribution in [-0.4, -0.2) is 29.2 Å². The number of carbonyl (C=O) groups excluding carboxylic acids is 1. The van der Waals surface area contributed by atoms with Gasteiger partial charge in [-0.25, -0.2) is 0 Å². The van der Waals surface area contributed by atoms with Gasteiger partial charge in [-0.05, 0) is 29.9 Å². The zero-order valence-electron chi connectivity index (χ0n) is 9.93.